The molecule has 1 fully saturated rings. The van der Waals surface area contributed by atoms with E-state index in [1.54, 1.807) is 17.0 Å². The molecule has 3 aromatic rings. The number of halogens is 2. The van der Waals surface area contributed by atoms with E-state index < -0.39 is 17.7 Å². The van der Waals surface area contributed by atoms with Gasteiger partial charge >= 0.3 is 0 Å². The van der Waals surface area contributed by atoms with E-state index in [4.69, 9.17) is 0 Å². The second-order valence-corrected chi connectivity index (χ2v) is 8.09. The van der Waals surface area contributed by atoms with Gasteiger partial charge in [0.25, 0.3) is 0 Å². The van der Waals surface area contributed by atoms with E-state index in [9.17, 15) is 18.7 Å². The third kappa shape index (κ3) is 3.37. The highest BCUT2D eigenvalue weighted by Crippen LogP contribution is 2.31. The zero-order valence-electron chi connectivity index (χ0n) is 16.0. The number of nitrogens with zero attached hydrogens (tertiary/aromatic N) is 2. The van der Waals surface area contributed by atoms with Gasteiger partial charge < -0.3 is 14.6 Å². The zero-order valence-corrected chi connectivity index (χ0v) is 16.0. The van der Waals surface area contributed by atoms with Gasteiger partial charge in [0.2, 0.25) is 5.91 Å². The van der Waals surface area contributed by atoms with Gasteiger partial charge in [0, 0.05) is 41.3 Å². The van der Waals surface area contributed by atoms with Crippen LogP contribution in [0.5, 0.6) is 0 Å². The third-order valence-electron chi connectivity index (χ3n) is 5.80. The van der Waals surface area contributed by atoms with Crippen LogP contribution in [0.15, 0.2) is 36.4 Å². The summed E-state index contributed by atoms with van der Waals surface area (Å²) in [4.78, 5) is 14.0. The first kappa shape index (κ1) is 18.9. The molecule has 0 aliphatic carbocycles. The van der Waals surface area contributed by atoms with E-state index in [0.29, 0.717) is 35.6 Å². The number of carbonyl (C=O) groups is 1. The van der Waals surface area contributed by atoms with Gasteiger partial charge in [-0.25, -0.2) is 8.78 Å². The molecule has 1 aliphatic rings. The number of hydrogen-bond acceptors (Lipinski definition) is 2. The number of hydrogen-bond donors (Lipinski definition) is 1. The SMILES string of the molecule is CC(C)C1CC(=O)N(CC(O)Cn2c3ccc(F)cc3c3cc(F)ccc32)C1. The maximum atomic E-state index is 13.8. The van der Waals surface area contributed by atoms with Crippen molar-refractivity contribution in [3.63, 3.8) is 0 Å². The molecule has 2 atom stereocenters. The van der Waals surface area contributed by atoms with Gasteiger partial charge in [0.05, 0.1) is 12.6 Å². The lowest BCUT2D eigenvalue weighted by Gasteiger charge is -2.22. The maximum absolute atomic E-state index is 13.8. The minimum atomic E-state index is -0.774. The molecular formula is C22H24F2N2O2. The standard InChI is InChI=1S/C22H24F2N2O2/c1-13(2)14-7-22(28)25(10-14)11-17(27)12-26-20-5-3-15(23)8-18(20)19-9-16(24)4-6-21(19)26/h3-6,8-9,13-14,17,27H,7,10-12H2,1-2H3. The fourth-order valence-corrected chi connectivity index (χ4v) is 4.19. The Kier molecular flexibility index (Phi) is 4.83. The summed E-state index contributed by atoms with van der Waals surface area (Å²) in [5.41, 5.74) is 1.46. The molecule has 28 heavy (non-hydrogen) atoms. The van der Waals surface area contributed by atoms with E-state index in [2.05, 4.69) is 13.8 Å². The first-order valence-electron chi connectivity index (χ1n) is 9.66. The summed E-state index contributed by atoms with van der Waals surface area (Å²) in [7, 11) is 0. The summed E-state index contributed by atoms with van der Waals surface area (Å²) in [6.45, 7) is 5.37. The van der Waals surface area contributed by atoms with Crippen LogP contribution < -0.4 is 0 Å². The van der Waals surface area contributed by atoms with Crippen LogP contribution in [0.4, 0.5) is 8.78 Å². The lowest BCUT2D eigenvalue weighted by atomic mass is 9.95. The first-order chi connectivity index (χ1) is 13.3. The van der Waals surface area contributed by atoms with E-state index in [1.165, 1.54) is 24.3 Å². The average Bonchev–Trinajstić information content (AvgIpc) is 3.14. The predicted molar refractivity (Wildman–Crippen MR) is 105 cm³/mol. The van der Waals surface area contributed by atoms with E-state index >= 15 is 0 Å². The number of benzene rings is 2. The van der Waals surface area contributed by atoms with Gasteiger partial charge in [-0.3, -0.25) is 4.79 Å². The number of amides is 1. The topological polar surface area (TPSA) is 45.5 Å². The number of aromatic nitrogens is 1. The molecule has 2 heterocycles. The number of carbonyl (C=O) groups excluding carboxylic acids is 1. The molecule has 148 valence electrons. The molecule has 1 aliphatic heterocycles. The van der Waals surface area contributed by atoms with Crippen LogP contribution in [-0.4, -0.2) is 39.7 Å². The Morgan fingerprint density at radius 2 is 1.61 bits per heavy atom. The number of rotatable bonds is 5. The molecule has 1 amide bonds. The summed E-state index contributed by atoms with van der Waals surface area (Å²) < 4.78 is 29.4. The minimum absolute atomic E-state index is 0.0733. The second kappa shape index (κ2) is 7.17. The normalized spacial score (nSPS) is 18.7. The van der Waals surface area contributed by atoms with Gasteiger partial charge in [-0.05, 0) is 48.2 Å². The van der Waals surface area contributed by atoms with E-state index in [-0.39, 0.29) is 19.0 Å². The molecule has 0 saturated carbocycles. The Balaban J connectivity index is 1.63. The Labute approximate surface area is 162 Å². The van der Waals surface area contributed by atoms with Crippen molar-refractivity contribution in [2.45, 2.75) is 32.9 Å². The van der Waals surface area contributed by atoms with Crippen LogP contribution in [0.25, 0.3) is 21.8 Å². The molecule has 0 bridgehead atoms. The molecule has 2 unspecified atom stereocenters. The number of aliphatic hydroxyl groups excluding tert-OH is 1. The number of aliphatic hydroxyl groups is 1. The Morgan fingerprint density at radius 1 is 1.04 bits per heavy atom. The number of fused-ring (bicyclic) bond motifs is 3. The van der Waals surface area contributed by atoms with Crippen LogP contribution in [0.3, 0.4) is 0 Å². The average molecular weight is 386 g/mol. The van der Waals surface area contributed by atoms with E-state index in [0.717, 1.165) is 11.0 Å². The lowest BCUT2D eigenvalue weighted by molar-refractivity contribution is -0.129. The van der Waals surface area contributed by atoms with E-state index in [1.807, 2.05) is 4.57 Å². The van der Waals surface area contributed by atoms with Gasteiger partial charge in [-0.2, -0.15) is 0 Å². The van der Waals surface area contributed by atoms with Crippen molar-refractivity contribution in [1.82, 2.24) is 9.47 Å². The van der Waals surface area contributed by atoms with Crippen molar-refractivity contribution in [2.75, 3.05) is 13.1 Å². The maximum Gasteiger partial charge on any atom is 0.223 e. The highest BCUT2D eigenvalue weighted by Gasteiger charge is 2.32. The highest BCUT2D eigenvalue weighted by molar-refractivity contribution is 6.08. The Hall–Kier alpha value is -2.47. The fraction of sp³-hybridized carbons (Fsp3) is 0.409. The van der Waals surface area contributed by atoms with Crippen LogP contribution in [0, 0.1) is 23.5 Å². The van der Waals surface area contributed by atoms with Crippen LogP contribution in [0.2, 0.25) is 0 Å². The largest absolute Gasteiger partial charge is 0.389 e. The Bertz CT molecular complexity index is 985. The van der Waals surface area contributed by atoms with Crippen molar-refractivity contribution >= 4 is 27.7 Å². The summed E-state index contributed by atoms with van der Waals surface area (Å²) >= 11 is 0. The summed E-state index contributed by atoms with van der Waals surface area (Å²) in [5, 5.41) is 11.9. The molecule has 4 nitrogen and oxygen atoms in total. The minimum Gasteiger partial charge on any atom is -0.389 e. The summed E-state index contributed by atoms with van der Waals surface area (Å²) in [6.07, 6.45) is -0.248. The van der Waals surface area contributed by atoms with Crippen molar-refractivity contribution in [3.8, 4) is 0 Å². The van der Waals surface area contributed by atoms with Gasteiger partial charge in [-0.15, -0.1) is 0 Å². The van der Waals surface area contributed by atoms with Crippen LogP contribution in [0.1, 0.15) is 20.3 Å². The van der Waals surface area contributed by atoms with Gasteiger partial charge in [0.15, 0.2) is 0 Å². The molecule has 1 aromatic heterocycles. The van der Waals surface area contributed by atoms with Crippen molar-refractivity contribution in [1.29, 1.82) is 0 Å². The van der Waals surface area contributed by atoms with Crippen LogP contribution >= 0.6 is 0 Å². The summed E-state index contributed by atoms with van der Waals surface area (Å²) in [5.74, 6) is 0.0359. The lowest BCUT2D eigenvalue weighted by Crippen LogP contribution is -2.36. The quantitative estimate of drug-likeness (QED) is 0.722. The second-order valence-electron chi connectivity index (χ2n) is 8.09. The number of likely N-dealkylation sites (tertiary alicyclic amines) is 1. The smallest absolute Gasteiger partial charge is 0.223 e. The van der Waals surface area contributed by atoms with Crippen molar-refractivity contribution < 1.29 is 18.7 Å². The van der Waals surface area contributed by atoms with Crippen molar-refractivity contribution in [3.05, 3.63) is 48.0 Å². The molecule has 1 N–H and O–H groups in total. The molecule has 0 spiro atoms. The molecular weight excluding hydrogens is 362 g/mol. The number of β-amino-alcohol motifs (C(OH)–C–C–N with tert-alkyl or cyclic N) is 1. The van der Waals surface area contributed by atoms with Crippen LogP contribution in [-0.2, 0) is 11.3 Å². The zero-order chi connectivity index (χ0) is 20.0. The molecule has 1 saturated heterocycles. The molecule has 0 radical (unpaired) electrons. The monoisotopic (exact) mass is 386 g/mol. The Morgan fingerprint density at radius 3 is 2.11 bits per heavy atom. The predicted octanol–water partition coefficient (Wildman–Crippen LogP) is 3.94. The van der Waals surface area contributed by atoms with Gasteiger partial charge in [0.1, 0.15) is 11.6 Å². The van der Waals surface area contributed by atoms with Crippen molar-refractivity contribution in [2.24, 2.45) is 11.8 Å². The third-order valence-corrected chi connectivity index (χ3v) is 5.80. The van der Waals surface area contributed by atoms with Gasteiger partial charge in [-0.1, -0.05) is 13.8 Å². The molecule has 6 heteroatoms. The molecule has 4 rings (SSSR count). The first-order valence-corrected chi connectivity index (χ1v) is 9.66. The highest BCUT2D eigenvalue weighted by atomic mass is 19.1. The summed E-state index contributed by atoms with van der Waals surface area (Å²) in [6, 6.07) is 8.78. The fourth-order valence-electron chi connectivity index (χ4n) is 4.19. The molecule has 2 aromatic carbocycles.